The van der Waals surface area contributed by atoms with E-state index < -0.39 is 15.8 Å². The third kappa shape index (κ3) is 5.69. The second kappa shape index (κ2) is 9.54. The summed E-state index contributed by atoms with van der Waals surface area (Å²) in [6.45, 7) is 1.86. The van der Waals surface area contributed by atoms with Crippen LogP contribution in [0.4, 0.5) is 10.1 Å². The zero-order valence-corrected chi connectivity index (χ0v) is 17.0. The van der Waals surface area contributed by atoms with Crippen LogP contribution < -0.4 is 14.4 Å². The van der Waals surface area contributed by atoms with Gasteiger partial charge in [0.1, 0.15) is 11.6 Å². The van der Waals surface area contributed by atoms with E-state index in [1.54, 1.807) is 13.2 Å². The monoisotopic (exact) mass is 408 g/mol. The number of sulfonamides is 1. The Hall–Kier alpha value is -2.61. The van der Waals surface area contributed by atoms with Crippen LogP contribution in [0, 0.1) is 5.82 Å². The quantitative estimate of drug-likeness (QED) is 0.691. The Kier molecular flexibility index (Phi) is 7.39. The smallest absolute Gasteiger partial charge is 0.232 e. The third-order valence-corrected chi connectivity index (χ3v) is 5.45. The van der Waals surface area contributed by atoms with Crippen LogP contribution >= 0.6 is 0 Å². The van der Waals surface area contributed by atoms with Crippen molar-refractivity contribution in [2.75, 3.05) is 24.2 Å². The lowest BCUT2D eigenvalue weighted by Crippen LogP contribution is -2.33. The summed E-state index contributed by atoms with van der Waals surface area (Å²) in [4.78, 5) is 12.3. The number of nitrogens with zero attached hydrogens (tertiary/aromatic N) is 1. The normalized spacial score (nSPS) is 12.3. The fourth-order valence-corrected chi connectivity index (χ4v) is 3.88. The second-order valence-electron chi connectivity index (χ2n) is 6.42. The van der Waals surface area contributed by atoms with Gasteiger partial charge in [0, 0.05) is 18.5 Å². The molecule has 0 aliphatic carbocycles. The Morgan fingerprint density at radius 3 is 2.46 bits per heavy atom. The van der Waals surface area contributed by atoms with E-state index in [0.717, 1.165) is 16.1 Å². The largest absolute Gasteiger partial charge is 0.496 e. The summed E-state index contributed by atoms with van der Waals surface area (Å²) < 4.78 is 44.3. The standard InChI is InChI=1S/C20H25FN2O4S/c1-15(16-9-4-7-12-19(16)27-2)22-20(24)13-8-14-23(28(3,25)26)18-11-6-5-10-17(18)21/h4-7,9-12,15H,8,13-14H2,1-3H3,(H,22,24)/t15-/m0/s1. The molecule has 2 aromatic carbocycles. The van der Waals surface area contributed by atoms with Crippen LogP contribution in [-0.4, -0.2) is 34.2 Å². The van der Waals surface area contributed by atoms with Gasteiger partial charge in [0.05, 0.1) is 25.1 Å². The zero-order valence-electron chi connectivity index (χ0n) is 16.2. The number of methoxy groups -OCH3 is 1. The Bertz CT molecular complexity index is 918. The molecule has 0 spiro atoms. The Balaban J connectivity index is 1.97. The average Bonchev–Trinajstić information content (AvgIpc) is 2.65. The average molecular weight is 408 g/mol. The van der Waals surface area contributed by atoms with Crippen molar-refractivity contribution in [1.82, 2.24) is 5.32 Å². The van der Waals surface area contributed by atoms with Crippen molar-refractivity contribution in [1.29, 1.82) is 0 Å². The number of halogens is 1. The molecule has 0 radical (unpaired) electrons. The maximum Gasteiger partial charge on any atom is 0.232 e. The minimum absolute atomic E-state index is 0.0101. The highest BCUT2D eigenvalue weighted by Crippen LogP contribution is 2.25. The van der Waals surface area contributed by atoms with Crippen LogP contribution in [0.5, 0.6) is 5.75 Å². The molecule has 0 aliphatic rings. The molecular formula is C20H25FN2O4S. The third-order valence-electron chi connectivity index (χ3n) is 4.27. The fraction of sp³-hybridized carbons (Fsp3) is 0.350. The fourth-order valence-electron chi connectivity index (χ4n) is 2.92. The van der Waals surface area contributed by atoms with Crippen molar-refractivity contribution < 1.29 is 22.3 Å². The number of rotatable bonds is 9. The first-order chi connectivity index (χ1) is 13.2. The van der Waals surface area contributed by atoms with Crippen molar-refractivity contribution in [3.8, 4) is 5.75 Å². The van der Waals surface area contributed by atoms with Crippen LogP contribution in [0.1, 0.15) is 31.4 Å². The van der Waals surface area contributed by atoms with E-state index in [0.29, 0.717) is 5.75 Å². The van der Waals surface area contributed by atoms with Crippen molar-refractivity contribution in [2.24, 2.45) is 0 Å². The molecule has 2 rings (SSSR count). The molecule has 2 aromatic rings. The number of para-hydroxylation sites is 2. The molecular weight excluding hydrogens is 383 g/mol. The molecule has 0 unspecified atom stereocenters. The van der Waals surface area contributed by atoms with E-state index in [1.165, 1.54) is 18.2 Å². The molecule has 152 valence electrons. The van der Waals surface area contributed by atoms with Crippen LogP contribution in [0.25, 0.3) is 0 Å². The van der Waals surface area contributed by atoms with E-state index in [1.807, 2.05) is 31.2 Å². The van der Waals surface area contributed by atoms with Crippen molar-refractivity contribution in [2.45, 2.75) is 25.8 Å². The van der Waals surface area contributed by atoms with Gasteiger partial charge in [0.15, 0.2) is 0 Å². The van der Waals surface area contributed by atoms with Gasteiger partial charge in [-0.1, -0.05) is 30.3 Å². The molecule has 6 nitrogen and oxygen atoms in total. The van der Waals surface area contributed by atoms with E-state index >= 15 is 0 Å². The first-order valence-electron chi connectivity index (χ1n) is 8.88. The van der Waals surface area contributed by atoms with Crippen molar-refractivity contribution in [3.05, 3.63) is 59.9 Å². The second-order valence-corrected chi connectivity index (χ2v) is 8.33. The molecule has 0 bridgehead atoms. The molecule has 0 heterocycles. The predicted octanol–water partition coefficient (Wildman–Crippen LogP) is 3.26. The van der Waals surface area contributed by atoms with Gasteiger partial charge in [0.2, 0.25) is 15.9 Å². The summed E-state index contributed by atoms with van der Waals surface area (Å²) >= 11 is 0. The summed E-state index contributed by atoms with van der Waals surface area (Å²) in [5.41, 5.74) is 0.829. The number of anilines is 1. The van der Waals surface area contributed by atoms with Gasteiger partial charge in [-0.05, 0) is 31.5 Å². The van der Waals surface area contributed by atoms with Gasteiger partial charge in [-0.25, -0.2) is 12.8 Å². The van der Waals surface area contributed by atoms with E-state index in [-0.39, 0.29) is 37.0 Å². The van der Waals surface area contributed by atoms with Crippen LogP contribution in [0.15, 0.2) is 48.5 Å². The van der Waals surface area contributed by atoms with Crippen molar-refractivity contribution in [3.63, 3.8) is 0 Å². The van der Waals surface area contributed by atoms with E-state index in [4.69, 9.17) is 4.74 Å². The lowest BCUT2D eigenvalue weighted by molar-refractivity contribution is -0.121. The van der Waals surface area contributed by atoms with Crippen LogP contribution in [0.3, 0.4) is 0 Å². The lowest BCUT2D eigenvalue weighted by atomic mass is 10.1. The molecule has 0 fully saturated rings. The number of ether oxygens (including phenoxy) is 1. The first kappa shape index (κ1) is 21.7. The van der Waals surface area contributed by atoms with E-state index in [9.17, 15) is 17.6 Å². The minimum Gasteiger partial charge on any atom is -0.496 e. The Morgan fingerprint density at radius 2 is 1.82 bits per heavy atom. The maximum absolute atomic E-state index is 14.0. The summed E-state index contributed by atoms with van der Waals surface area (Å²) in [5.74, 6) is -0.166. The highest BCUT2D eigenvalue weighted by molar-refractivity contribution is 7.92. The molecule has 0 saturated carbocycles. The van der Waals surface area contributed by atoms with Gasteiger partial charge in [0.25, 0.3) is 0 Å². The summed E-state index contributed by atoms with van der Waals surface area (Å²) in [7, 11) is -2.10. The van der Waals surface area contributed by atoms with E-state index in [2.05, 4.69) is 5.32 Å². The highest BCUT2D eigenvalue weighted by atomic mass is 32.2. The number of carbonyl (C=O) groups is 1. The molecule has 8 heteroatoms. The topological polar surface area (TPSA) is 75.7 Å². The van der Waals surface area contributed by atoms with Gasteiger partial charge in [-0.3, -0.25) is 9.10 Å². The number of amides is 1. The van der Waals surface area contributed by atoms with Gasteiger partial charge in [-0.15, -0.1) is 0 Å². The Labute approximate surface area is 165 Å². The number of hydrogen-bond donors (Lipinski definition) is 1. The number of nitrogens with one attached hydrogen (secondary N) is 1. The molecule has 1 atom stereocenters. The lowest BCUT2D eigenvalue weighted by Gasteiger charge is -2.23. The first-order valence-corrected chi connectivity index (χ1v) is 10.7. The summed E-state index contributed by atoms with van der Waals surface area (Å²) in [6.07, 6.45) is 1.38. The minimum atomic E-state index is -3.67. The van der Waals surface area contributed by atoms with Gasteiger partial charge < -0.3 is 10.1 Å². The van der Waals surface area contributed by atoms with Crippen LogP contribution in [-0.2, 0) is 14.8 Å². The predicted molar refractivity (Wildman–Crippen MR) is 107 cm³/mol. The Morgan fingerprint density at radius 1 is 1.18 bits per heavy atom. The zero-order chi connectivity index (χ0) is 20.7. The van der Waals surface area contributed by atoms with Gasteiger partial charge in [-0.2, -0.15) is 0 Å². The summed E-state index contributed by atoms with van der Waals surface area (Å²) in [6, 6.07) is 12.8. The molecule has 0 aliphatic heterocycles. The van der Waals surface area contributed by atoms with Crippen molar-refractivity contribution >= 4 is 21.6 Å². The summed E-state index contributed by atoms with van der Waals surface area (Å²) in [5, 5.41) is 2.87. The molecule has 1 N–H and O–H groups in total. The SMILES string of the molecule is COc1ccccc1[C@H](C)NC(=O)CCCN(c1ccccc1F)S(C)(=O)=O. The number of hydrogen-bond acceptors (Lipinski definition) is 4. The van der Waals surface area contributed by atoms with Crippen LogP contribution in [0.2, 0.25) is 0 Å². The molecule has 1 amide bonds. The molecule has 28 heavy (non-hydrogen) atoms. The number of benzene rings is 2. The highest BCUT2D eigenvalue weighted by Gasteiger charge is 2.21. The van der Waals surface area contributed by atoms with Gasteiger partial charge >= 0.3 is 0 Å². The molecule has 0 aromatic heterocycles. The molecule has 0 saturated heterocycles. The number of carbonyl (C=O) groups excluding carboxylic acids is 1. The maximum atomic E-state index is 14.0.